The lowest BCUT2D eigenvalue weighted by Crippen LogP contribution is -2.39. The third kappa shape index (κ3) is 5.17. The number of thioether (sulfide) groups is 1. The van der Waals surface area contributed by atoms with E-state index >= 15 is 0 Å². The molecular weight excluding hydrogens is 455 g/mol. The number of hydrogen-bond acceptors (Lipinski definition) is 5. The molecule has 0 aliphatic heterocycles. The zero-order valence-electron chi connectivity index (χ0n) is 15.9. The Morgan fingerprint density at radius 2 is 1.87 bits per heavy atom. The number of nitrogens with zero attached hydrogens (tertiary/aromatic N) is 3. The van der Waals surface area contributed by atoms with Gasteiger partial charge in [-0.05, 0) is 37.3 Å². The summed E-state index contributed by atoms with van der Waals surface area (Å²) < 4.78 is 41.2. The molecule has 1 heterocycles. The number of carbonyl (C=O) groups is 2. The van der Waals surface area contributed by atoms with E-state index in [1.54, 1.807) is 24.3 Å². The van der Waals surface area contributed by atoms with Crippen molar-refractivity contribution in [2.75, 3.05) is 0 Å². The van der Waals surface area contributed by atoms with Crippen molar-refractivity contribution in [2.24, 2.45) is 5.73 Å². The first-order chi connectivity index (χ1) is 14.6. The number of alkyl halides is 3. The van der Waals surface area contributed by atoms with Gasteiger partial charge in [-0.15, -0.1) is 10.2 Å². The van der Waals surface area contributed by atoms with Crippen LogP contribution in [0.3, 0.4) is 0 Å². The number of hydrogen-bond donors (Lipinski definition) is 2. The van der Waals surface area contributed by atoms with Gasteiger partial charge in [-0.1, -0.05) is 41.6 Å². The quantitative estimate of drug-likeness (QED) is 0.543. The fraction of sp³-hybridized carbons (Fsp3) is 0.158. The number of primary amides is 1. The van der Waals surface area contributed by atoms with Gasteiger partial charge < -0.3 is 5.73 Å². The predicted octanol–water partition coefficient (Wildman–Crippen LogP) is 4.28. The molecule has 3 rings (SSSR count). The average molecular weight is 470 g/mol. The second-order valence-corrected chi connectivity index (χ2v) is 8.00. The van der Waals surface area contributed by atoms with E-state index in [9.17, 15) is 22.8 Å². The molecule has 31 heavy (non-hydrogen) atoms. The van der Waals surface area contributed by atoms with Gasteiger partial charge in [0.05, 0.1) is 21.5 Å². The maximum absolute atomic E-state index is 13.3. The summed E-state index contributed by atoms with van der Waals surface area (Å²) >= 11 is 7.16. The van der Waals surface area contributed by atoms with Crippen LogP contribution < -0.4 is 11.1 Å². The third-order valence-electron chi connectivity index (χ3n) is 4.08. The highest BCUT2D eigenvalue weighted by atomic mass is 35.5. The van der Waals surface area contributed by atoms with Crippen molar-refractivity contribution in [1.29, 1.82) is 0 Å². The smallest absolute Gasteiger partial charge is 0.351 e. The summed E-state index contributed by atoms with van der Waals surface area (Å²) in [5, 5.41) is 9.68. The average Bonchev–Trinajstić information content (AvgIpc) is 3.10. The largest absolute Gasteiger partial charge is 0.416 e. The number of nitrogens with one attached hydrogen (secondary N) is 1. The maximum atomic E-state index is 13.3. The van der Waals surface area contributed by atoms with E-state index in [1.807, 2.05) is 5.32 Å². The van der Waals surface area contributed by atoms with Gasteiger partial charge in [-0.3, -0.25) is 14.7 Å². The Kier molecular flexibility index (Phi) is 6.56. The minimum Gasteiger partial charge on any atom is -0.351 e. The minimum atomic E-state index is -4.56. The number of aromatic nitrogens is 3. The van der Waals surface area contributed by atoms with Crippen molar-refractivity contribution in [3.63, 3.8) is 0 Å². The Balaban J connectivity index is 2.13. The van der Waals surface area contributed by atoms with Gasteiger partial charge >= 0.3 is 12.2 Å². The lowest BCUT2D eigenvalue weighted by atomic mass is 10.1. The summed E-state index contributed by atoms with van der Waals surface area (Å²) in [4.78, 5) is 23.0. The number of rotatable bonds is 5. The number of halogens is 4. The van der Waals surface area contributed by atoms with Crippen molar-refractivity contribution in [3.05, 3.63) is 59.1 Å². The molecule has 12 heteroatoms. The normalized spacial score (nSPS) is 12.4. The molecule has 0 radical (unpaired) electrons. The van der Waals surface area contributed by atoms with E-state index in [-0.39, 0.29) is 16.7 Å². The zero-order chi connectivity index (χ0) is 22.8. The highest BCUT2D eigenvalue weighted by Crippen LogP contribution is 2.35. The van der Waals surface area contributed by atoms with Gasteiger partial charge in [0.2, 0.25) is 5.91 Å². The second kappa shape index (κ2) is 8.98. The maximum Gasteiger partial charge on any atom is 0.416 e. The summed E-state index contributed by atoms with van der Waals surface area (Å²) in [6.45, 7) is 1.49. The van der Waals surface area contributed by atoms with Crippen LogP contribution in [0.2, 0.25) is 5.02 Å². The molecule has 0 aliphatic carbocycles. The molecule has 0 bridgehead atoms. The number of amides is 3. The molecule has 2 aromatic carbocycles. The van der Waals surface area contributed by atoms with Crippen molar-refractivity contribution >= 4 is 35.3 Å². The first kappa shape index (κ1) is 22.6. The van der Waals surface area contributed by atoms with E-state index in [2.05, 4.69) is 10.2 Å². The van der Waals surface area contributed by atoms with Gasteiger partial charge in [-0.2, -0.15) is 13.2 Å². The van der Waals surface area contributed by atoms with E-state index in [4.69, 9.17) is 17.3 Å². The summed E-state index contributed by atoms with van der Waals surface area (Å²) in [5.41, 5.74) is 4.67. The van der Waals surface area contributed by atoms with Crippen LogP contribution in [0, 0.1) is 0 Å². The van der Waals surface area contributed by atoms with Gasteiger partial charge in [0.25, 0.3) is 0 Å². The number of carbonyl (C=O) groups excluding carboxylic acids is 2. The summed E-state index contributed by atoms with van der Waals surface area (Å²) in [6, 6.07) is 10.2. The molecule has 0 fully saturated rings. The Labute approximate surface area is 183 Å². The summed E-state index contributed by atoms with van der Waals surface area (Å²) in [5.74, 6) is -0.495. The fourth-order valence-electron chi connectivity index (χ4n) is 2.65. The zero-order valence-corrected chi connectivity index (χ0v) is 17.4. The van der Waals surface area contributed by atoms with E-state index < -0.39 is 28.9 Å². The van der Waals surface area contributed by atoms with Gasteiger partial charge in [0, 0.05) is 5.56 Å². The van der Waals surface area contributed by atoms with Crippen LogP contribution in [0.5, 0.6) is 0 Å². The minimum absolute atomic E-state index is 0.125. The van der Waals surface area contributed by atoms with Gasteiger partial charge in [0.1, 0.15) is 0 Å². The highest BCUT2D eigenvalue weighted by Gasteiger charge is 2.31. The molecule has 3 N–H and O–H groups in total. The first-order valence-electron chi connectivity index (χ1n) is 8.73. The number of urea groups is 1. The Hall–Kier alpha value is -3.05. The molecule has 0 saturated heterocycles. The van der Waals surface area contributed by atoms with Crippen molar-refractivity contribution in [2.45, 2.75) is 23.5 Å². The summed E-state index contributed by atoms with van der Waals surface area (Å²) in [7, 11) is 0. The number of nitrogens with two attached hydrogens (primary N) is 1. The van der Waals surface area contributed by atoms with Gasteiger partial charge in [0.15, 0.2) is 11.0 Å². The van der Waals surface area contributed by atoms with E-state index in [1.165, 1.54) is 23.6 Å². The van der Waals surface area contributed by atoms with E-state index in [0.29, 0.717) is 10.6 Å². The van der Waals surface area contributed by atoms with Gasteiger partial charge in [-0.25, -0.2) is 4.79 Å². The molecule has 1 atom stereocenters. The third-order valence-corrected chi connectivity index (χ3v) is 5.45. The molecule has 0 unspecified atom stereocenters. The molecule has 0 aliphatic rings. The van der Waals surface area contributed by atoms with Crippen LogP contribution in [0.1, 0.15) is 12.5 Å². The Morgan fingerprint density at radius 3 is 2.52 bits per heavy atom. The second-order valence-electron chi connectivity index (χ2n) is 6.28. The first-order valence-corrected chi connectivity index (χ1v) is 9.98. The Morgan fingerprint density at radius 1 is 1.16 bits per heavy atom. The Bertz CT molecular complexity index is 1140. The highest BCUT2D eigenvalue weighted by molar-refractivity contribution is 8.00. The van der Waals surface area contributed by atoms with Crippen LogP contribution >= 0.6 is 23.4 Å². The van der Waals surface area contributed by atoms with Crippen molar-refractivity contribution in [1.82, 2.24) is 20.1 Å². The topological polar surface area (TPSA) is 103 Å². The fourth-order valence-corrected chi connectivity index (χ4v) is 3.74. The van der Waals surface area contributed by atoms with Crippen LogP contribution in [0.15, 0.2) is 53.7 Å². The lowest BCUT2D eigenvalue weighted by Gasteiger charge is -2.15. The predicted molar refractivity (Wildman–Crippen MR) is 110 cm³/mol. The number of imide groups is 1. The summed E-state index contributed by atoms with van der Waals surface area (Å²) in [6.07, 6.45) is -4.56. The molecule has 7 nitrogen and oxygen atoms in total. The monoisotopic (exact) mass is 469 g/mol. The van der Waals surface area contributed by atoms with Crippen LogP contribution in [0.4, 0.5) is 18.0 Å². The molecule has 0 spiro atoms. The molecule has 1 aromatic heterocycles. The molecular formula is C19H15ClF3N5O2S. The van der Waals surface area contributed by atoms with Crippen LogP contribution in [-0.2, 0) is 11.0 Å². The lowest BCUT2D eigenvalue weighted by molar-refractivity contribution is -0.137. The molecule has 3 amide bonds. The number of benzene rings is 2. The molecule has 3 aromatic rings. The van der Waals surface area contributed by atoms with Crippen molar-refractivity contribution < 1.29 is 22.8 Å². The standard InChI is InChI=1S/C19H15ClF3N5O2S/c1-10(16(29)25-17(24)30)31-18-27-26-15(13-7-2-3-8-14(13)20)28(18)12-6-4-5-11(9-12)19(21,22)23/h2-10H,1H3,(H3,24,25,29,30)/t10-/m0/s1. The SMILES string of the molecule is C[C@H](Sc1nnc(-c2ccccc2Cl)n1-c1cccc(C(F)(F)F)c1)C(=O)NC(N)=O. The van der Waals surface area contributed by atoms with Crippen LogP contribution in [0.25, 0.3) is 17.1 Å². The van der Waals surface area contributed by atoms with Crippen molar-refractivity contribution in [3.8, 4) is 17.1 Å². The molecule has 0 saturated carbocycles. The molecule has 162 valence electrons. The van der Waals surface area contributed by atoms with E-state index in [0.717, 1.165) is 23.9 Å². The van der Waals surface area contributed by atoms with Crippen LogP contribution in [-0.4, -0.2) is 32.0 Å².